The topological polar surface area (TPSA) is 121 Å². The number of aryl methyl sites for hydroxylation is 1. The lowest BCUT2D eigenvalue weighted by atomic mass is 9.97. The summed E-state index contributed by atoms with van der Waals surface area (Å²) in [7, 11) is 1.64. The zero-order valence-corrected chi connectivity index (χ0v) is 16.2. The van der Waals surface area contributed by atoms with Crippen LogP contribution < -0.4 is 5.56 Å². The SMILES string of the molecule is Cn1c(=O)c(C2=NN(CCO)C(c3ccc([N+](=O)[O-])cc3)C2)c(O)c2ccccc21. The van der Waals surface area contributed by atoms with Crippen LogP contribution in [0.3, 0.4) is 0 Å². The van der Waals surface area contributed by atoms with Crippen molar-refractivity contribution in [3.05, 3.63) is 80.1 Å². The number of fused-ring (bicyclic) bond motifs is 1. The van der Waals surface area contributed by atoms with E-state index >= 15 is 0 Å². The molecule has 1 aliphatic rings. The minimum atomic E-state index is -0.470. The predicted molar refractivity (Wildman–Crippen MR) is 112 cm³/mol. The van der Waals surface area contributed by atoms with Crippen molar-refractivity contribution < 1.29 is 15.1 Å². The Balaban J connectivity index is 1.78. The van der Waals surface area contributed by atoms with E-state index in [1.165, 1.54) is 16.7 Å². The van der Waals surface area contributed by atoms with Gasteiger partial charge in [0, 0.05) is 31.0 Å². The number of hydrogen-bond donors (Lipinski definition) is 2. The molecule has 9 heteroatoms. The summed E-state index contributed by atoms with van der Waals surface area (Å²) in [5.74, 6) is -0.124. The van der Waals surface area contributed by atoms with Gasteiger partial charge in [-0.3, -0.25) is 19.9 Å². The second-order valence-electron chi connectivity index (χ2n) is 7.11. The van der Waals surface area contributed by atoms with Crippen molar-refractivity contribution in [1.82, 2.24) is 9.58 Å². The number of β-amino-alcohol motifs (C(OH)–C–C–N with tert-alkyl or cyclic N) is 1. The summed E-state index contributed by atoms with van der Waals surface area (Å²) >= 11 is 0. The van der Waals surface area contributed by atoms with Crippen LogP contribution in [0.5, 0.6) is 5.75 Å². The molecule has 0 bridgehead atoms. The van der Waals surface area contributed by atoms with E-state index in [0.29, 0.717) is 23.0 Å². The van der Waals surface area contributed by atoms with E-state index in [1.54, 1.807) is 48.5 Å². The molecule has 0 radical (unpaired) electrons. The minimum absolute atomic E-state index is 0.0207. The Kier molecular flexibility index (Phi) is 4.96. The Labute approximate surface area is 171 Å². The zero-order chi connectivity index (χ0) is 21.4. The van der Waals surface area contributed by atoms with Gasteiger partial charge in [0.1, 0.15) is 11.3 Å². The molecule has 2 heterocycles. The highest BCUT2D eigenvalue weighted by Crippen LogP contribution is 2.35. The van der Waals surface area contributed by atoms with E-state index < -0.39 is 4.92 Å². The van der Waals surface area contributed by atoms with Gasteiger partial charge in [-0.25, -0.2) is 0 Å². The smallest absolute Gasteiger partial charge is 0.269 e. The van der Waals surface area contributed by atoms with Crippen LogP contribution in [0.4, 0.5) is 5.69 Å². The maximum Gasteiger partial charge on any atom is 0.269 e. The van der Waals surface area contributed by atoms with Gasteiger partial charge < -0.3 is 14.8 Å². The molecule has 0 amide bonds. The van der Waals surface area contributed by atoms with Crippen molar-refractivity contribution in [2.24, 2.45) is 12.1 Å². The Morgan fingerprint density at radius 2 is 1.90 bits per heavy atom. The molecule has 0 saturated heterocycles. The minimum Gasteiger partial charge on any atom is -0.506 e. The first-order chi connectivity index (χ1) is 14.4. The molecule has 30 heavy (non-hydrogen) atoms. The molecule has 1 aliphatic heterocycles. The number of hydrazone groups is 1. The average Bonchev–Trinajstić information content (AvgIpc) is 3.16. The number of rotatable bonds is 5. The Morgan fingerprint density at radius 3 is 2.57 bits per heavy atom. The van der Waals surface area contributed by atoms with Gasteiger partial charge in [-0.1, -0.05) is 24.3 Å². The standard InChI is InChI=1S/C21H20N4O5/c1-23-17-5-3-2-4-15(17)20(27)19(21(23)28)16-12-18(24(22-16)10-11-26)13-6-8-14(9-7-13)25(29)30/h2-9,18,26-27H,10-12H2,1H3. The third-order valence-electron chi connectivity index (χ3n) is 5.38. The van der Waals surface area contributed by atoms with E-state index in [2.05, 4.69) is 5.10 Å². The van der Waals surface area contributed by atoms with Crippen LogP contribution in [0.2, 0.25) is 0 Å². The molecule has 4 rings (SSSR count). The molecule has 1 atom stereocenters. The fraction of sp³-hybridized carbons (Fsp3) is 0.238. The number of non-ortho nitro benzene ring substituents is 1. The number of aromatic hydroxyl groups is 1. The van der Waals surface area contributed by atoms with Gasteiger partial charge >= 0.3 is 0 Å². The van der Waals surface area contributed by atoms with Gasteiger partial charge in [-0.05, 0) is 17.7 Å². The lowest BCUT2D eigenvalue weighted by Crippen LogP contribution is -2.24. The monoisotopic (exact) mass is 408 g/mol. The first-order valence-corrected chi connectivity index (χ1v) is 9.42. The number of para-hydroxylation sites is 1. The van der Waals surface area contributed by atoms with Gasteiger partial charge in [-0.2, -0.15) is 5.10 Å². The molecule has 154 valence electrons. The number of nitrogens with zero attached hydrogens (tertiary/aromatic N) is 4. The molecule has 2 aromatic carbocycles. The lowest BCUT2D eigenvalue weighted by molar-refractivity contribution is -0.384. The molecule has 0 aliphatic carbocycles. The Bertz CT molecular complexity index is 1220. The van der Waals surface area contributed by atoms with Crippen molar-refractivity contribution in [3.63, 3.8) is 0 Å². The van der Waals surface area contributed by atoms with Crippen molar-refractivity contribution >= 4 is 22.3 Å². The number of hydrogen-bond acceptors (Lipinski definition) is 7. The van der Waals surface area contributed by atoms with Gasteiger partial charge in [-0.15, -0.1) is 0 Å². The number of pyridine rings is 1. The second-order valence-corrected chi connectivity index (χ2v) is 7.11. The number of aliphatic hydroxyl groups excluding tert-OH is 1. The number of aromatic nitrogens is 1. The van der Waals surface area contributed by atoms with Crippen molar-refractivity contribution in [2.75, 3.05) is 13.2 Å². The first kappa shape index (κ1) is 19.6. The Morgan fingerprint density at radius 1 is 1.20 bits per heavy atom. The highest BCUT2D eigenvalue weighted by molar-refractivity contribution is 6.07. The van der Waals surface area contributed by atoms with Crippen LogP contribution in [0.15, 0.2) is 58.4 Å². The van der Waals surface area contributed by atoms with Gasteiger partial charge in [0.25, 0.3) is 11.2 Å². The zero-order valence-electron chi connectivity index (χ0n) is 16.2. The van der Waals surface area contributed by atoms with Crippen LogP contribution >= 0.6 is 0 Å². The molecule has 0 spiro atoms. The fourth-order valence-electron chi connectivity index (χ4n) is 3.86. The van der Waals surface area contributed by atoms with Crippen LogP contribution in [0, 0.1) is 10.1 Å². The molecule has 0 fully saturated rings. The molecule has 9 nitrogen and oxygen atoms in total. The number of nitro groups is 1. The summed E-state index contributed by atoms with van der Waals surface area (Å²) in [5.41, 5.74) is 1.54. The molecule has 2 N–H and O–H groups in total. The molecule has 1 unspecified atom stereocenters. The van der Waals surface area contributed by atoms with Gasteiger partial charge in [0.2, 0.25) is 0 Å². The molecular weight excluding hydrogens is 388 g/mol. The fourth-order valence-corrected chi connectivity index (χ4v) is 3.86. The van der Waals surface area contributed by atoms with E-state index in [0.717, 1.165) is 5.56 Å². The van der Waals surface area contributed by atoms with Crippen LogP contribution in [0.25, 0.3) is 10.9 Å². The third-order valence-corrected chi connectivity index (χ3v) is 5.38. The van der Waals surface area contributed by atoms with Crippen molar-refractivity contribution in [2.45, 2.75) is 12.5 Å². The van der Waals surface area contributed by atoms with Crippen LogP contribution in [-0.4, -0.2) is 43.6 Å². The second kappa shape index (κ2) is 7.60. The summed E-state index contributed by atoms with van der Waals surface area (Å²) in [6.07, 6.45) is 0.318. The van der Waals surface area contributed by atoms with E-state index in [-0.39, 0.29) is 41.8 Å². The predicted octanol–water partition coefficient (Wildman–Crippen LogP) is 2.30. The average molecular weight is 408 g/mol. The Hall–Kier alpha value is -3.72. The summed E-state index contributed by atoms with van der Waals surface area (Å²) in [4.78, 5) is 23.5. The maximum atomic E-state index is 13.0. The largest absolute Gasteiger partial charge is 0.506 e. The highest BCUT2D eigenvalue weighted by atomic mass is 16.6. The van der Waals surface area contributed by atoms with Crippen LogP contribution in [0.1, 0.15) is 23.6 Å². The summed E-state index contributed by atoms with van der Waals surface area (Å²) in [6, 6.07) is 12.9. The van der Waals surface area contributed by atoms with Crippen LogP contribution in [-0.2, 0) is 7.05 Å². The number of nitro benzene ring substituents is 1. The maximum absolute atomic E-state index is 13.0. The first-order valence-electron chi connectivity index (χ1n) is 9.42. The van der Waals surface area contributed by atoms with Crippen molar-refractivity contribution in [3.8, 4) is 5.75 Å². The van der Waals surface area contributed by atoms with E-state index in [4.69, 9.17) is 0 Å². The summed E-state index contributed by atoms with van der Waals surface area (Å²) in [5, 5.41) is 37.9. The molecular formula is C21H20N4O5. The van der Waals surface area contributed by atoms with E-state index in [1.807, 2.05) is 0 Å². The van der Waals surface area contributed by atoms with Crippen molar-refractivity contribution in [1.29, 1.82) is 0 Å². The number of benzene rings is 2. The molecule has 0 saturated carbocycles. The molecule has 1 aromatic heterocycles. The normalized spacial score (nSPS) is 16.1. The van der Waals surface area contributed by atoms with Gasteiger partial charge in [0.15, 0.2) is 0 Å². The number of aliphatic hydroxyl groups is 1. The highest BCUT2D eigenvalue weighted by Gasteiger charge is 2.32. The summed E-state index contributed by atoms with van der Waals surface area (Å²) < 4.78 is 1.47. The van der Waals surface area contributed by atoms with E-state index in [9.17, 15) is 25.1 Å². The summed E-state index contributed by atoms with van der Waals surface area (Å²) in [6.45, 7) is 0.0712. The third kappa shape index (κ3) is 3.18. The lowest BCUT2D eigenvalue weighted by Gasteiger charge is -2.22. The molecule has 3 aromatic rings. The van der Waals surface area contributed by atoms with Gasteiger partial charge in [0.05, 0.1) is 35.3 Å². The quantitative estimate of drug-likeness (QED) is 0.494.